The summed E-state index contributed by atoms with van der Waals surface area (Å²) in [5.41, 5.74) is 3.02. The highest BCUT2D eigenvalue weighted by Gasteiger charge is 2.11. The molecule has 0 aliphatic carbocycles. The van der Waals surface area contributed by atoms with Crippen molar-refractivity contribution in [2.75, 3.05) is 13.2 Å². The predicted molar refractivity (Wildman–Crippen MR) is 64.3 cm³/mol. The van der Waals surface area contributed by atoms with Crippen molar-refractivity contribution in [3.63, 3.8) is 0 Å². The van der Waals surface area contributed by atoms with E-state index in [-0.39, 0.29) is 12.6 Å². The molecule has 3 nitrogen and oxygen atoms in total. The van der Waals surface area contributed by atoms with Crippen LogP contribution in [0, 0.1) is 12.8 Å². The van der Waals surface area contributed by atoms with Crippen LogP contribution >= 0.6 is 11.3 Å². The lowest BCUT2D eigenvalue weighted by Crippen LogP contribution is -2.38. The van der Waals surface area contributed by atoms with Crippen molar-refractivity contribution in [1.82, 2.24) is 10.3 Å². The van der Waals surface area contributed by atoms with Gasteiger partial charge in [-0.1, -0.05) is 13.8 Å². The van der Waals surface area contributed by atoms with Crippen molar-refractivity contribution in [2.24, 2.45) is 5.92 Å². The summed E-state index contributed by atoms with van der Waals surface area (Å²) >= 11 is 1.70. The molecule has 0 radical (unpaired) electrons. The number of hydrogen-bond acceptors (Lipinski definition) is 4. The van der Waals surface area contributed by atoms with Crippen LogP contribution in [0.3, 0.4) is 0 Å². The first-order valence-electron chi connectivity index (χ1n) is 5.38. The van der Waals surface area contributed by atoms with Crippen LogP contribution in [0.25, 0.3) is 0 Å². The summed E-state index contributed by atoms with van der Waals surface area (Å²) in [7, 11) is 0. The number of thiazole rings is 1. The largest absolute Gasteiger partial charge is 0.395 e. The number of aliphatic hydroxyl groups excluding tert-OH is 1. The van der Waals surface area contributed by atoms with Gasteiger partial charge in [0.25, 0.3) is 0 Å². The van der Waals surface area contributed by atoms with Crippen molar-refractivity contribution < 1.29 is 5.11 Å². The van der Waals surface area contributed by atoms with E-state index in [9.17, 15) is 0 Å². The van der Waals surface area contributed by atoms with E-state index in [2.05, 4.69) is 24.1 Å². The molecular weight excluding hydrogens is 208 g/mol. The van der Waals surface area contributed by atoms with Crippen LogP contribution in [0.1, 0.15) is 24.4 Å². The summed E-state index contributed by atoms with van der Waals surface area (Å²) in [5, 5.41) is 12.5. The summed E-state index contributed by atoms with van der Waals surface area (Å²) < 4.78 is 0. The van der Waals surface area contributed by atoms with Gasteiger partial charge < -0.3 is 10.4 Å². The molecule has 0 aliphatic heterocycles. The molecule has 1 heterocycles. The van der Waals surface area contributed by atoms with E-state index in [1.807, 2.05) is 12.4 Å². The first-order chi connectivity index (χ1) is 7.15. The molecule has 4 heteroatoms. The third kappa shape index (κ3) is 3.89. The van der Waals surface area contributed by atoms with Crippen LogP contribution in [0.15, 0.2) is 5.51 Å². The molecule has 0 bridgehead atoms. The van der Waals surface area contributed by atoms with Gasteiger partial charge in [0.1, 0.15) is 0 Å². The molecule has 1 atom stereocenters. The quantitative estimate of drug-likeness (QED) is 0.777. The lowest BCUT2D eigenvalue weighted by Gasteiger charge is -2.19. The van der Waals surface area contributed by atoms with E-state index in [0.717, 1.165) is 18.7 Å². The molecular formula is C11H20N2OS. The van der Waals surface area contributed by atoms with Crippen LogP contribution in [0.2, 0.25) is 0 Å². The number of nitrogens with one attached hydrogen (secondary N) is 1. The molecule has 86 valence electrons. The van der Waals surface area contributed by atoms with E-state index in [0.29, 0.717) is 5.92 Å². The highest BCUT2D eigenvalue weighted by atomic mass is 32.1. The fourth-order valence-corrected chi connectivity index (χ4v) is 2.23. The fraction of sp³-hybridized carbons (Fsp3) is 0.727. The Bertz CT molecular complexity index is 286. The molecule has 1 aromatic heterocycles. The number of rotatable bonds is 6. The SMILES string of the molecule is Cc1ncsc1CCN[C@H](CO)C(C)C. The molecule has 0 spiro atoms. The summed E-state index contributed by atoms with van der Waals surface area (Å²) in [6, 6.07) is 0.207. The Labute approximate surface area is 95.6 Å². The average Bonchev–Trinajstić information content (AvgIpc) is 2.58. The number of hydrogen-bond donors (Lipinski definition) is 2. The molecule has 0 amide bonds. The van der Waals surface area contributed by atoms with Crippen LogP contribution in [-0.2, 0) is 6.42 Å². The highest BCUT2D eigenvalue weighted by molar-refractivity contribution is 7.09. The topological polar surface area (TPSA) is 45.2 Å². The Morgan fingerprint density at radius 2 is 2.27 bits per heavy atom. The van der Waals surface area contributed by atoms with Crippen molar-refractivity contribution in [1.29, 1.82) is 0 Å². The van der Waals surface area contributed by atoms with Crippen LogP contribution in [-0.4, -0.2) is 29.3 Å². The lowest BCUT2D eigenvalue weighted by atomic mass is 10.1. The van der Waals surface area contributed by atoms with E-state index in [1.165, 1.54) is 4.88 Å². The lowest BCUT2D eigenvalue weighted by molar-refractivity contribution is 0.212. The van der Waals surface area contributed by atoms with Gasteiger partial charge in [0.05, 0.1) is 17.8 Å². The molecule has 1 rings (SSSR count). The Balaban J connectivity index is 2.29. The molecule has 0 saturated heterocycles. The van der Waals surface area contributed by atoms with Gasteiger partial charge >= 0.3 is 0 Å². The number of aliphatic hydroxyl groups is 1. The predicted octanol–water partition coefficient (Wildman–Crippen LogP) is 1.60. The van der Waals surface area contributed by atoms with Crippen molar-refractivity contribution in [3.05, 3.63) is 16.1 Å². The summed E-state index contributed by atoms with van der Waals surface area (Å²) in [4.78, 5) is 5.55. The first-order valence-corrected chi connectivity index (χ1v) is 6.26. The number of nitrogens with zero attached hydrogens (tertiary/aromatic N) is 1. The van der Waals surface area contributed by atoms with Crippen LogP contribution in [0.4, 0.5) is 0 Å². The molecule has 1 aromatic rings. The Hall–Kier alpha value is -0.450. The average molecular weight is 228 g/mol. The first kappa shape index (κ1) is 12.6. The zero-order chi connectivity index (χ0) is 11.3. The molecule has 0 unspecified atom stereocenters. The molecule has 15 heavy (non-hydrogen) atoms. The highest BCUT2D eigenvalue weighted by Crippen LogP contribution is 2.12. The molecule has 0 saturated carbocycles. The molecule has 0 fully saturated rings. The maximum absolute atomic E-state index is 9.14. The maximum atomic E-state index is 9.14. The summed E-state index contributed by atoms with van der Waals surface area (Å²) in [6.07, 6.45) is 1.000. The van der Waals surface area contributed by atoms with Crippen molar-refractivity contribution in [3.8, 4) is 0 Å². The van der Waals surface area contributed by atoms with Gasteiger partial charge in [-0.15, -0.1) is 11.3 Å². The van der Waals surface area contributed by atoms with Gasteiger partial charge in [0.15, 0.2) is 0 Å². The second-order valence-electron chi connectivity index (χ2n) is 4.10. The minimum absolute atomic E-state index is 0.207. The standard InChI is InChI=1S/C11H20N2OS/c1-8(2)10(6-14)12-5-4-11-9(3)13-7-15-11/h7-8,10,12,14H,4-6H2,1-3H3/t10-/m1/s1. The van der Waals surface area contributed by atoms with Crippen molar-refractivity contribution >= 4 is 11.3 Å². The third-order valence-corrected chi connectivity index (χ3v) is 3.60. The minimum atomic E-state index is 0.207. The minimum Gasteiger partial charge on any atom is -0.395 e. The normalized spacial score (nSPS) is 13.4. The van der Waals surface area contributed by atoms with Crippen molar-refractivity contribution in [2.45, 2.75) is 33.2 Å². The zero-order valence-corrected chi connectivity index (χ0v) is 10.5. The summed E-state index contributed by atoms with van der Waals surface area (Å²) in [5.74, 6) is 0.470. The fourth-order valence-electron chi connectivity index (χ4n) is 1.45. The van der Waals surface area contributed by atoms with Gasteiger partial charge in [0, 0.05) is 17.5 Å². The van der Waals surface area contributed by atoms with E-state index >= 15 is 0 Å². The Morgan fingerprint density at radius 1 is 1.53 bits per heavy atom. The zero-order valence-electron chi connectivity index (χ0n) is 9.66. The molecule has 0 aliphatic rings. The van der Waals surface area contributed by atoms with Gasteiger partial charge in [0.2, 0.25) is 0 Å². The maximum Gasteiger partial charge on any atom is 0.0797 e. The third-order valence-electron chi connectivity index (χ3n) is 2.60. The molecule has 2 N–H and O–H groups in total. The Morgan fingerprint density at radius 3 is 2.73 bits per heavy atom. The Kier molecular flexibility index (Phi) is 5.22. The smallest absolute Gasteiger partial charge is 0.0797 e. The van der Waals surface area contributed by atoms with Crippen LogP contribution < -0.4 is 5.32 Å². The number of aromatic nitrogens is 1. The van der Waals surface area contributed by atoms with E-state index in [4.69, 9.17) is 5.11 Å². The van der Waals surface area contributed by atoms with Gasteiger partial charge in [-0.05, 0) is 19.3 Å². The van der Waals surface area contributed by atoms with Gasteiger partial charge in [-0.25, -0.2) is 4.98 Å². The summed E-state index contributed by atoms with van der Waals surface area (Å²) in [6.45, 7) is 7.39. The van der Waals surface area contributed by atoms with Crippen LogP contribution in [0.5, 0.6) is 0 Å². The van der Waals surface area contributed by atoms with Gasteiger partial charge in [-0.2, -0.15) is 0 Å². The molecule has 0 aromatic carbocycles. The van der Waals surface area contributed by atoms with E-state index < -0.39 is 0 Å². The van der Waals surface area contributed by atoms with Gasteiger partial charge in [-0.3, -0.25) is 0 Å². The second kappa shape index (κ2) is 6.20. The van der Waals surface area contributed by atoms with E-state index in [1.54, 1.807) is 11.3 Å². The second-order valence-corrected chi connectivity index (χ2v) is 5.04. The number of aryl methyl sites for hydroxylation is 1. The monoisotopic (exact) mass is 228 g/mol.